The van der Waals surface area contributed by atoms with Crippen molar-refractivity contribution < 1.29 is 38.0 Å². The van der Waals surface area contributed by atoms with Crippen molar-refractivity contribution in [1.29, 1.82) is 0 Å². The van der Waals surface area contributed by atoms with E-state index in [2.05, 4.69) is 17.2 Å². The van der Waals surface area contributed by atoms with Crippen LogP contribution in [0.15, 0.2) is 109 Å². The number of benzene rings is 5. The summed E-state index contributed by atoms with van der Waals surface area (Å²) < 4.78 is 36.0. The van der Waals surface area contributed by atoms with E-state index >= 15 is 0 Å². The molecule has 1 heterocycles. The highest BCUT2D eigenvalue weighted by Crippen LogP contribution is 2.34. The third-order valence-corrected chi connectivity index (χ3v) is 7.91. The first-order valence-corrected chi connectivity index (χ1v) is 16.6. The summed E-state index contributed by atoms with van der Waals surface area (Å²) in [5.41, 5.74) is 1.48. The number of nitrogens with one attached hydrogen (secondary N) is 2. The molecule has 1 aliphatic rings. The zero-order valence-electron chi connectivity index (χ0n) is 27.8. The smallest absolute Gasteiger partial charge is 0.251 e. The minimum Gasteiger partial charge on any atom is -0.487 e. The summed E-state index contributed by atoms with van der Waals surface area (Å²) in [6, 6.07) is 30.3. The molecule has 2 bridgehead atoms. The molecule has 5 aromatic carbocycles. The Morgan fingerprint density at radius 3 is 1.28 bits per heavy atom. The molecule has 0 saturated carbocycles. The number of fused-ring (bicyclic) bond motifs is 6. The summed E-state index contributed by atoms with van der Waals surface area (Å²) >= 11 is 0. The molecule has 0 radical (unpaired) electrons. The first kappa shape index (κ1) is 34.3. The Balaban J connectivity index is 1.16. The second-order valence-corrected chi connectivity index (χ2v) is 11.6. The maximum absolute atomic E-state index is 12.7. The molecule has 2 amide bonds. The largest absolute Gasteiger partial charge is 0.487 e. The normalized spacial score (nSPS) is 16.1. The van der Waals surface area contributed by atoms with Gasteiger partial charge in [0.2, 0.25) is 0 Å². The Kier molecular flexibility index (Phi) is 11.8. The second kappa shape index (κ2) is 17.2. The van der Waals surface area contributed by atoms with Crippen LogP contribution in [0.4, 0.5) is 0 Å². The molecule has 10 nitrogen and oxygen atoms in total. The van der Waals surface area contributed by atoms with E-state index in [1.54, 1.807) is 24.3 Å². The lowest BCUT2D eigenvalue weighted by Gasteiger charge is -2.17. The van der Waals surface area contributed by atoms with Gasteiger partial charge in [-0.05, 0) is 69.6 Å². The number of carbonyl (C=O) groups is 2. The van der Waals surface area contributed by atoms with Gasteiger partial charge in [-0.15, -0.1) is 0 Å². The summed E-state index contributed by atoms with van der Waals surface area (Å²) in [4.78, 5) is 25.4. The minimum atomic E-state index is -0.296. The fourth-order valence-corrected chi connectivity index (χ4v) is 5.35. The number of hydrogen-bond acceptors (Lipinski definition) is 8. The highest BCUT2D eigenvalue weighted by molar-refractivity contribution is 5.99. The van der Waals surface area contributed by atoms with Crippen molar-refractivity contribution in [2.24, 2.45) is 0 Å². The molecular weight excluding hydrogens is 636 g/mol. The molecule has 0 unspecified atom stereocenters. The Morgan fingerprint density at radius 2 is 0.860 bits per heavy atom. The van der Waals surface area contributed by atoms with Crippen molar-refractivity contribution in [3.05, 3.63) is 120 Å². The SMILES string of the molecule is C=C1COc2cc3ccccc3cc2OCCOCCNC(=O)c2cccc(c2)C(=O)NCCOCCOc2cc3ccccc3cc2OC1. The average molecular weight is 677 g/mol. The van der Waals surface area contributed by atoms with E-state index in [0.29, 0.717) is 73.6 Å². The van der Waals surface area contributed by atoms with Crippen LogP contribution >= 0.6 is 0 Å². The quantitative estimate of drug-likeness (QED) is 0.193. The minimum absolute atomic E-state index is 0.210. The molecule has 50 heavy (non-hydrogen) atoms. The standard InChI is InChI=1S/C40H40N2O8/c1-28-26-49-37-24-31-9-4-2-7-29(31)22-35(37)47-19-17-45-15-13-41-39(43)33-11-6-12-34(21-33)40(44)42-14-16-46-18-20-48-36-23-30-8-3-5-10-32(30)25-38(36)50-27-28/h2-12,21-25H,1,13-20,26-27H2,(H,41,43)(H,42,44). The lowest BCUT2D eigenvalue weighted by molar-refractivity contribution is 0.0861. The molecule has 0 atom stereocenters. The van der Waals surface area contributed by atoms with E-state index in [4.69, 9.17) is 28.4 Å². The van der Waals surface area contributed by atoms with E-state index in [-0.39, 0.29) is 38.2 Å². The summed E-state index contributed by atoms with van der Waals surface area (Å²) in [6.07, 6.45) is 0. The highest BCUT2D eigenvalue weighted by atomic mass is 16.6. The van der Waals surface area contributed by atoms with E-state index in [1.807, 2.05) is 72.8 Å². The third-order valence-electron chi connectivity index (χ3n) is 7.91. The van der Waals surface area contributed by atoms with Gasteiger partial charge in [-0.25, -0.2) is 0 Å². The van der Waals surface area contributed by atoms with Crippen LogP contribution in [-0.4, -0.2) is 77.8 Å². The Labute approximate surface area is 290 Å². The zero-order chi connectivity index (χ0) is 34.5. The van der Waals surface area contributed by atoms with E-state index < -0.39 is 0 Å². The molecule has 2 N–H and O–H groups in total. The fraction of sp³-hybridized carbons (Fsp3) is 0.250. The van der Waals surface area contributed by atoms with Crippen molar-refractivity contribution in [2.45, 2.75) is 0 Å². The molecule has 6 rings (SSSR count). The van der Waals surface area contributed by atoms with Crippen molar-refractivity contribution >= 4 is 33.4 Å². The van der Waals surface area contributed by atoms with E-state index in [0.717, 1.165) is 27.1 Å². The number of hydrogen-bond donors (Lipinski definition) is 2. The monoisotopic (exact) mass is 676 g/mol. The van der Waals surface area contributed by atoms with E-state index in [9.17, 15) is 9.59 Å². The number of carbonyl (C=O) groups excluding carboxylic acids is 2. The van der Waals surface area contributed by atoms with Crippen molar-refractivity contribution in [3.8, 4) is 23.0 Å². The maximum atomic E-state index is 12.7. The molecule has 5 aromatic rings. The summed E-state index contributed by atoms with van der Waals surface area (Å²) in [5.74, 6) is 1.73. The first-order valence-electron chi connectivity index (χ1n) is 16.6. The summed E-state index contributed by atoms with van der Waals surface area (Å²) in [6.45, 7) is 6.95. The van der Waals surface area contributed by atoms with Crippen LogP contribution in [0.1, 0.15) is 20.7 Å². The van der Waals surface area contributed by atoms with Crippen molar-refractivity contribution in [2.75, 3.05) is 65.9 Å². The Morgan fingerprint density at radius 1 is 0.460 bits per heavy atom. The molecule has 10 heteroatoms. The highest BCUT2D eigenvalue weighted by Gasteiger charge is 2.13. The van der Waals surface area contributed by atoms with Gasteiger partial charge in [0.25, 0.3) is 11.8 Å². The topological polar surface area (TPSA) is 114 Å². The predicted octanol–water partition coefficient (Wildman–Crippen LogP) is 5.97. The van der Waals surface area contributed by atoms with Crippen LogP contribution in [0.2, 0.25) is 0 Å². The summed E-state index contributed by atoms with van der Waals surface area (Å²) in [5, 5.41) is 9.72. The van der Waals surface area contributed by atoms with Gasteiger partial charge in [-0.1, -0.05) is 61.2 Å². The first-order chi connectivity index (χ1) is 24.5. The van der Waals surface area contributed by atoms with Crippen molar-refractivity contribution in [3.63, 3.8) is 0 Å². The molecule has 0 aliphatic carbocycles. The molecule has 0 aromatic heterocycles. The number of amides is 2. The molecule has 258 valence electrons. The van der Waals surface area contributed by atoms with Gasteiger partial charge in [-0.2, -0.15) is 0 Å². The van der Waals surface area contributed by atoms with Gasteiger partial charge in [-0.3, -0.25) is 9.59 Å². The third kappa shape index (κ3) is 9.31. The van der Waals surface area contributed by atoms with Crippen LogP contribution in [0.3, 0.4) is 0 Å². The molecular formula is C40H40N2O8. The zero-order valence-corrected chi connectivity index (χ0v) is 27.8. The molecule has 0 fully saturated rings. The second-order valence-electron chi connectivity index (χ2n) is 11.6. The Bertz CT molecular complexity index is 1820. The molecule has 0 saturated heterocycles. The van der Waals surface area contributed by atoms with Crippen molar-refractivity contribution in [1.82, 2.24) is 10.6 Å². The van der Waals surface area contributed by atoms with E-state index in [1.165, 1.54) is 0 Å². The Hall–Kier alpha value is -5.58. The van der Waals surface area contributed by atoms with Gasteiger partial charge in [0.15, 0.2) is 23.0 Å². The fourth-order valence-electron chi connectivity index (χ4n) is 5.35. The summed E-state index contributed by atoms with van der Waals surface area (Å²) in [7, 11) is 0. The van der Waals surface area contributed by atoms with Crippen LogP contribution < -0.4 is 29.6 Å². The lowest BCUT2D eigenvalue weighted by atomic mass is 10.1. The van der Waals surface area contributed by atoms with Crippen LogP contribution in [0.25, 0.3) is 21.5 Å². The number of rotatable bonds is 0. The average Bonchev–Trinajstić information content (AvgIpc) is 3.14. The van der Waals surface area contributed by atoms with Gasteiger partial charge in [0.05, 0.1) is 26.4 Å². The van der Waals surface area contributed by atoms with Crippen LogP contribution in [0.5, 0.6) is 23.0 Å². The van der Waals surface area contributed by atoms with Gasteiger partial charge in [0.1, 0.15) is 26.4 Å². The lowest BCUT2D eigenvalue weighted by Crippen LogP contribution is -2.29. The van der Waals surface area contributed by atoms with Gasteiger partial charge >= 0.3 is 0 Å². The van der Waals surface area contributed by atoms with Crippen LogP contribution in [0, 0.1) is 0 Å². The maximum Gasteiger partial charge on any atom is 0.251 e. The number of ether oxygens (including phenoxy) is 6. The predicted molar refractivity (Wildman–Crippen MR) is 192 cm³/mol. The van der Waals surface area contributed by atoms with Gasteiger partial charge < -0.3 is 39.1 Å². The molecule has 0 spiro atoms. The van der Waals surface area contributed by atoms with Gasteiger partial charge in [0, 0.05) is 24.2 Å². The molecule has 1 aliphatic heterocycles. The van der Waals surface area contributed by atoms with Crippen LogP contribution in [-0.2, 0) is 9.47 Å².